The third-order valence-electron chi connectivity index (χ3n) is 7.40. The number of amides is 4. The van der Waals surface area contributed by atoms with Crippen LogP contribution in [0.2, 0.25) is 0 Å². The van der Waals surface area contributed by atoms with Gasteiger partial charge in [-0.3, -0.25) is 14.9 Å². The van der Waals surface area contributed by atoms with Gasteiger partial charge in [0.05, 0.1) is 11.7 Å². The average molecular weight is 563 g/mol. The molecule has 2 heterocycles. The van der Waals surface area contributed by atoms with Crippen LogP contribution in [0.4, 0.5) is 20.6 Å². The number of primary amides is 1. The molecule has 4 N–H and O–H groups in total. The molecule has 2 aromatic rings. The first-order chi connectivity index (χ1) is 19.7. The van der Waals surface area contributed by atoms with E-state index in [9.17, 15) is 24.0 Å². The Hall–Kier alpha value is -4.66. The minimum atomic E-state index is -0.502. The van der Waals surface area contributed by atoms with E-state index < -0.39 is 11.7 Å². The molecule has 41 heavy (non-hydrogen) atoms. The van der Waals surface area contributed by atoms with Crippen molar-refractivity contribution in [1.82, 2.24) is 20.0 Å². The van der Waals surface area contributed by atoms with Gasteiger partial charge < -0.3 is 25.8 Å². The molecular weight excluding hydrogens is 527 g/mol. The van der Waals surface area contributed by atoms with Crippen molar-refractivity contribution in [1.29, 1.82) is 5.26 Å². The molecule has 0 radical (unpaired) electrons. The van der Waals surface area contributed by atoms with Crippen LogP contribution in [0, 0.1) is 23.2 Å². The van der Waals surface area contributed by atoms with E-state index in [4.69, 9.17) is 10.7 Å². The van der Waals surface area contributed by atoms with Crippen molar-refractivity contribution in [2.24, 2.45) is 16.6 Å². The SMILES string of the molecule is CC(C)C1CN(C(=O)Nc2cccc(F)c2)CCN1C(=Nc1cccc2c1CCN(C(=O)CCC(N)=O)C2)NC#N. The number of aliphatic imine (C=N–C) groups is 1. The van der Waals surface area contributed by atoms with Crippen molar-refractivity contribution in [3.8, 4) is 6.19 Å². The molecule has 4 rings (SSSR count). The fourth-order valence-corrected chi connectivity index (χ4v) is 5.22. The molecule has 0 saturated carbocycles. The van der Waals surface area contributed by atoms with Crippen molar-refractivity contribution in [2.45, 2.75) is 45.7 Å². The second-order valence-electron chi connectivity index (χ2n) is 10.5. The summed E-state index contributed by atoms with van der Waals surface area (Å²) in [6, 6.07) is 11.0. The number of hydrogen-bond donors (Lipinski definition) is 3. The number of carbonyl (C=O) groups is 3. The first kappa shape index (κ1) is 29.3. The maximum Gasteiger partial charge on any atom is 0.321 e. The number of nitriles is 1. The smallest absolute Gasteiger partial charge is 0.321 e. The van der Waals surface area contributed by atoms with Gasteiger partial charge in [0.15, 0.2) is 6.19 Å². The number of urea groups is 1. The number of benzene rings is 2. The van der Waals surface area contributed by atoms with Gasteiger partial charge in [-0.1, -0.05) is 32.0 Å². The Morgan fingerprint density at radius 1 is 1.12 bits per heavy atom. The van der Waals surface area contributed by atoms with Crippen LogP contribution in [-0.4, -0.2) is 70.7 Å². The van der Waals surface area contributed by atoms with Crippen LogP contribution < -0.4 is 16.4 Å². The summed E-state index contributed by atoms with van der Waals surface area (Å²) in [5, 5.41) is 15.1. The quantitative estimate of drug-likeness (QED) is 0.214. The topological polar surface area (TPSA) is 147 Å². The molecule has 0 bridgehead atoms. The summed E-state index contributed by atoms with van der Waals surface area (Å²) < 4.78 is 13.6. The van der Waals surface area contributed by atoms with Gasteiger partial charge in [-0.15, -0.1) is 0 Å². The van der Waals surface area contributed by atoms with Crippen LogP contribution in [0.1, 0.15) is 37.8 Å². The molecule has 1 atom stereocenters. The zero-order chi connectivity index (χ0) is 29.5. The summed E-state index contributed by atoms with van der Waals surface area (Å²) >= 11 is 0. The van der Waals surface area contributed by atoms with E-state index in [1.165, 1.54) is 18.2 Å². The molecule has 0 aromatic heterocycles. The zero-order valence-electron chi connectivity index (χ0n) is 23.3. The zero-order valence-corrected chi connectivity index (χ0v) is 23.3. The van der Waals surface area contributed by atoms with E-state index >= 15 is 0 Å². The molecular formula is C29H35FN8O3. The maximum absolute atomic E-state index is 13.6. The monoisotopic (exact) mass is 562 g/mol. The van der Waals surface area contributed by atoms with E-state index in [0.29, 0.717) is 56.5 Å². The molecule has 12 heteroatoms. The Morgan fingerprint density at radius 3 is 2.61 bits per heavy atom. The largest absolute Gasteiger partial charge is 0.370 e. The Bertz CT molecular complexity index is 1370. The minimum Gasteiger partial charge on any atom is -0.370 e. The molecule has 11 nitrogen and oxygen atoms in total. The summed E-state index contributed by atoms with van der Waals surface area (Å²) in [5.41, 5.74) is 8.24. The van der Waals surface area contributed by atoms with Gasteiger partial charge in [-0.05, 0) is 47.7 Å². The first-order valence-corrected chi connectivity index (χ1v) is 13.6. The van der Waals surface area contributed by atoms with E-state index in [1.807, 2.05) is 43.1 Å². The highest BCUT2D eigenvalue weighted by Crippen LogP contribution is 2.30. The number of rotatable bonds is 6. The van der Waals surface area contributed by atoms with Gasteiger partial charge in [0.25, 0.3) is 0 Å². The van der Waals surface area contributed by atoms with Crippen LogP contribution in [0.25, 0.3) is 0 Å². The summed E-state index contributed by atoms with van der Waals surface area (Å²) in [5.74, 6) is -0.534. The Labute approximate surface area is 238 Å². The molecule has 1 saturated heterocycles. The third kappa shape index (κ3) is 7.30. The fraction of sp³-hybridized carbons (Fsp3) is 0.414. The Kier molecular flexibility index (Phi) is 9.39. The normalized spacial score (nSPS) is 17.1. The van der Waals surface area contributed by atoms with E-state index in [2.05, 4.69) is 10.6 Å². The summed E-state index contributed by atoms with van der Waals surface area (Å²) in [4.78, 5) is 46.9. The van der Waals surface area contributed by atoms with Crippen molar-refractivity contribution >= 4 is 35.2 Å². The Balaban J connectivity index is 1.52. The molecule has 0 aliphatic carbocycles. The van der Waals surface area contributed by atoms with Crippen molar-refractivity contribution in [2.75, 3.05) is 31.5 Å². The molecule has 4 amide bonds. The summed E-state index contributed by atoms with van der Waals surface area (Å²) in [7, 11) is 0. The standard InChI is InChI=1S/C29H35FN8O3/c1-19(2)25-17-37(29(41)34-22-7-4-6-21(30)15-22)13-14-38(25)28(33-18-31)35-24-8-3-5-20-16-36(12-11-23(20)24)27(40)10-9-26(32)39/h3-8,15,19,25H,9-14,16-17H2,1-2H3,(H2,32,39)(H,33,35)(H,34,41). The predicted octanol–water partition coefficient (Wildman–Crippen LogP) is 2.91. The van der Waals surface area contributed by atoms with Crippen LogP contribution in [0.3, 0.4) is 0 Å². The van der Waals surface area contributed by atoms with E-state index in [-0.39, 0.29) is 36.7 Å². The molecule has 216 valence electrons. The van der Waals surface area contributed by atoms with Gasteiger partial charge in [0.1, 0.15) is 5.82 Å². The van der Waals surface area contributed by atoms with E-state index in [1.54, 1.807) is 15.9 Å². The number of nitrogens with two attached hydrogens (primary N) is 1. The summed E-state index contributed by atoms with van der Waals surface area (Å²) in [6.07, 6.45) is 2.69. The number of piperazine rings is 1. The van der Waals surface area contributed by atoms with Crippen LogP contribution in [-0.2, 0) is 22.6 Å². The number of nitrogens with one attached hydrogen (secondary N) is 2. The van der Waals surface area contributed by atoms with Crippen LogP contribution in [0.5, 0.6) is 0 Å². The van der Waals surface area contributed by atoms with Crippen molar-refractivity contribution in [3.05, 3.63) is 59.4 Å². The summed E-state index contributed by atoms with van der Waals surface area (Å²) in [6.45, 7) is 6.20. The molecule has 2 aliphatic rings. The second-order valence-corrected chi connectivity index (χ2v) is 10.5. The number of fused-ring (bicyclic) bond motifs is 1. The minimum absolute atomic E-state index is 0.0203. The average Bonchev–Trinajstić information content (AvgIpc) is 2.95. The van der Waals surface area contributed by atoms with Gasteiger partial charge >= 0.3 is 6.03 Å². The molecule has 1 unspecified atom stereocenters. The lowest BCUT2D eigenvalue weighted by Crippen LogP contribution is -2.60. The molecule has 2 aromatic carbocycles. The van der Waals surface area contributed by atoms with Crippen LogP contribution >= 0.6 is 0 Å². The number of halogens is 1. The first-order valence-electron chi connectivity index (χ1n) is 13.6. The molecule has 2 aliphatic heterocycles. The highest BCUT2D eigenvalue weighted by molar-refractivity contribution is 5.90. The lowest BCUT2D eigenvalue weighted by Gasteiger charge is -2.44. The number of carbonyl (C=O) groups excluding carboxylic acids is 3. The number of guanidine groups is 1. The lowest BCUT2D eigenvalue weighted by atomic mass is 9.97. The van der Waals surface area contributed by atoms with Crippen molar-refractivity contribution < 1.29 is 18.8 Å². The highest BCUT2D eigenvalue weighted by atomic mass is 19.1. The number of nitrogens with zero attached hydrogens (tertiary/aromatic N) is 5. The number of anilines is 1. The van der Waals surface area contributed by atoms with E-state index in [0.717, 1.165) is 11.1 Å². The number of hydrogen-bond acceptors (Lipinski definition) is 5. The van der Waals surface area contributed by atoms with Gasteiger partial charge in [-0.2, -0.15) is 5.26 Å². The Morgan fingerprint density at radius 2 is 1.90 bits per heavy atom. The second kappa shape index (κ2) is 13.1. The fourth-order valence-electron chi connectivity index (χ4n) is 5.22. The van der Waals surface area contributed by atoms with Crippen molar-refractivity contribution in [3.63, 3.8) is 0 Å². The maximum atomic E-state index is 13.6. The molecule has 0 spiro atoms. The van der Waals surface area contributed by atoms with Crippen LogP contribution in [0.15, 0.2) is 47.5 Å². The highest BCUT2D eigenvalue weighted by Gasteiger charge is 2.34. The predicted molar refractivity (Wildman–Crippen MR) is 152 cm³/mol. The van der Waals surface area contributed by atoms with Gasteiger partial charge in [-0.25, -0.2) is 14.2 Å². The van der Waals surface area contributed by atoms with Gasteiger partial charge in [0.2, 0.25) is 17.8 Å². The van der Waals surface area contributed by atoms with Gasteiger partial charge in [0, 0.05) is 51.3 Å². The molecule has 1 fully saturated rings. The third-order valence-corrected chi connectivity index (χ3v) is 7.40. The lowest BCUT2D eigenvalue weighted by molar-refractivity contribution is -0.133.